The van der Waals surface area contributed by atoms with Gasteiger partial charge in [0.15, 0.2) is 0 Å². The first-order valence-electron chi connectivity index (χ1n) is 15.8. The number of ether oxygens (including phenoxy) is 1. The van der Waals surface area contributed by atoms with Crippen LogP contribution in [0, 0.1) is 11.3 Å². The van der Waals surface area contributed by atoms with Crippen LogP contribution >= 0.6 is 0 Å². The number of aromatic nitrogens is 5. The van der Waals surface area contributed by atoms with E-state index >= 15 is 0 Å². The van der Waals surface area contributed by atoms with E-state index in [1.165, 1.54) is 15.8 Å². The van der Waals surface area contributed by atoms with Crippen molar-refractivity contribution >= 4 is 22.3 Å². The summed E-state index contributed by atoms with van der Waals surface area (Å²) < 4.78 is 8.64. The fourth-order valence-electron chi connectivity index (χ4n) is 5.87. The van der Waals surface area contributed by atoms with Crippen LogP contribution in [0.15, 0.2) is 76.6 Å². The zero-order valence-electron chi connectivity index (χ0n) is 27.7. The average molecular weight is 647 g/mol. The molecule has 48 heavy (non-hydrogen) atoms. The normalized spacial score (nSPS) is 13.6. The van der Waals surface area contributed by atoms with Gasteiger partial charge in [-0.15, -0.1) is 0 Å². The van der Waals surface area contributed by atoms with Crippen molar-refractivity contribution in [1.82, 2.24) is 29.4 Å². The van der Waals surface area contributed by atoms with Crippen molar-refractivity contribution in [3.63, 3.8) is 0 Å². The smallest absolute Gasteiger partial charge is 0.290 e. The van der Waals surface area contributed by atoms with E-state index in [-0.39, 0.29) is 22.4 Å². The van der Waals surface area contributed by atoms with Crippen LogP contribution in [0.5, 0.6) is 5.75 Å². The van der Waals surface area contributed by atoms with Crippen LogP contribution in [0.25, 0.3) is 27.7 Å². The van der Waals surface area contributed by atoms with Crippen molar-refractivity contribution in [2.75, 3.05) is 25.0 Å². The van der Waals surface area contributed by atoms with Crippen LogP contribution in [0.3, 0.4) is 0 Å². The van der Waals surface area contributed by atoms with Crippen LogP contribution in [0.2, 0.25) is 0 Å². The molecule has 1 saturated heterocycles. The first kappa shape index (κ1) is 32.6. The summed E-state index contributed by atoms with van der Waals surface area (Å²) in [5, 5.41) is 33.1. The molecule has 0 aliphatic carbocycles. The van der Waals surface area contributed by atoms with E-state index in [4.69, 9.17) is 4.74 Å². The summed E-state index contributed by atoms with van der Waals surface area (Å²) in [4.78, 5) is 33.6. The maximum atomic E-state index is 13.7. The summed E-state index contributed by atoms with van der Waals surface area (Å²) in [7, 11) is 1.54. The fourth-order valence-corrected chi connectivity index (χ4v) is 5.87. The Bertz CT molecular complexity index is 2160. The number of nitriles is 1. The number of likely N-dealkylation sites (tertiary alicyclic amines) is 1. The lowest BCUT2D eigenvalue weighted by molar-refractivity contribution is 0.0350. The summed E-state index contributed by atoms with van der Waals surface area (Å²) >= 11 is 0. The lowest BCUT2D eigenvalue weighted by atomic mass is 9.85. The molecule has 1 aliphatic heterocycles. The van der Waals surface area contributed by atoms with Crippen molar-refractivity contribution < 1.29 is 9.84 Å². The van der Waals surface area contributed by atoms with Gasteiger partial charge < -0.3 is 15.2 Å². The minimum Gasteiger partial charge on any atom is -0.485 e. The molecule has 2 N–H and O–H groups in total. The Kier molecular flexibility index (Phi) is 8.59. The number of aliphatic hydroxyl groups excluding tert-OH is 1. The quantitative estimate of drug-likeness (QED) is 0.223. The van der Waals surface area contributed by atoms with Crippen molar-refractivity contribution in [3.05, 3.63) is 98.8 Å². The number of aryl methyl sites for hydroxylation is 1. The molecule has 1 fully saturated rings. The molecule has 0 saturated carbocycles. The molecule has 2 aromatic carbocycles. The number of hydrogen-bond donors (Lipinski definition) is 2. The second-order valence-electron chi connectivity index (χ2n) is 13.2. The third kappa shape index (κ3) is 6.43. The lowest BCUT2D eigenvalue weighted by Gasteiger charge is -2.38. The summed E-state index contributed by atoms with van der Waals surface area (Å²) in [6, 6.07) is 17.9. The number of pyridine rings is 1. The van der Waals surface area contributed by atoms with Gasteiger partial charge in [-0.2, -0.15) is 20.1 Å². The SMILES string of the molecule is Cn1nc(-c2cccc(-n3ncc4cc(C(C)(C)C#N)ccc4c3=O)c2CO)cc(Nc2ccc(OC(C)(C)CN3CCC3)cn2)c1=O. The number of benzene rings is 2. The van der Waals surface area contributed by atoms with Crippen LogP contribution in [-0.2, 0) is 19.1 Å². The maximum Gasteiger partial charge on any atom is 0.290 e. The molecule has 6 rings (SSSR count). The summed E-state index contributed by atoms with van der Waals surface area (Å²) in [5.74, 6) is 1.07. The van der Waals surface area contributed by atoms with Crippen LogP contribution in [0.4, 0.5) is 11.5 Å². The molecular formula is C36H38N8O4. The highest BCUT2D eigenvalue weighted by Gasteiger charge is 2.27. The average Bonchev–Trinajstić information content (AvgIpc) is 3.05. The molecule has 0 spiro atoms. The zero-order chi connectivity index (χ0) is 34.2. The number of aliphatic hydroxyl groups is 1. The highest BCUT2D eigenvalue weighted by molar-refractivity contribution is 5.82. The van der Waals surface area contributed by atoms with Gasteiger partial charge in [-0.3, -0.25) is 14.5 Å². The third-order valence-corrected chi connectivity index (χ3v) is 8.61. The van der Waals surface area contributed by atoms with E-state index in [1.54, 1.807) is 68.0 Å². The Balaban J connectivity index is 1.31. The number of nitrogens with one attached hydrogen (secondary N) is 1. The zero-order valence-corrected chi connectivity index (χ0v) is 27.7. The van der Waals surface area contributed by atoms with Crippen molar-refractivity contribution in [1.29, 1.82) is 5.26 Å². The Morgan fingerprint density at radius 2 is 1.81 bits per heavy atom. The number of fused-ring (bicyclic) bond motifs is 1. The molecule has 5 aromatic rings. The molecule has 1 aliphatic rings. The van der Waals surface area contributed by atoms with Crippen molar-refractivity contribution in [2.24, 2.45) is 7.05 Å². The predicted octanol–water partition coefficient (Wildman–Crippen LogP) is 4.44. The molecule has 0 amide bonds. The monoisotopic (exact) mass is 646 g/mol. The van der Waals surface area contributed by atoms with Gasteiger partial charge in [-0.1, -0.05) is 18.2 Å². The van der Waals surface area contributed by atoms with Crippen LogP contribution < -0.4 is 21.2 Å². The topological polar surface area (TPSA) is 151 Å². The lowest BCUT2D eigenvalue weighted by Crippen LogP contribution is -2.48. The highest BCUT2D eigenvalue weighted by atomic mass is 16.5. The molecule has 4 heterocycles. The molecule has 0 unspecified atom stereocenters. The second kappa shape index (κ2) is 12.7. The first-order chi connectivity index (χ1) is 22.9. The number of nitrogens with zero attached hydrogens (tertiary/aromatic N) is 7. The van der Waals surface area contributed by atoms with Gasteiger partial charge in [0.2, 0.25) is 0 Å². The number of hydrogen-bond acceptors (Lipinski definition) is 10. The van der Waals surface area contributed by atoms with E-state index in [0.29, 0.717) is 44.8 Å². The van der Waals surface area contributed by atoms with Gasteiger partial charge in [-0.25, -0.2) is 9.67 Å². The largest absolute Gasteiger partial charge is 0.485 e. The van der Waals surface area contributed by atoms with Gasteiger partial charge in [0.25, 0.3) is 11.1 Å². The standard InChI is InChI=1S/C36H38N8O4/c1-35(2,21-37)24-10-12-26-23(16-24)18-39-44(33(26)46)31-9-6-8-27(28(31)20-45)29-17-30(34(47)42(5)41-29)40-32-13-11-25(19-38-32)48-36(3,4)22-43-14-7-15-43/h6,8-13,16-19,45H,7,14-15,20,22H2,1-5H3,(H,38,40). The van der Waals surface area contributed by atoms with Crippen molar-refractivity contribution in [3.8, 4) is 28.8 Å². The maximum absolute atomic E-state index is 13.7. The molecule has 246 valence electrons. The van der Waals surface area contributed by atoms with E-state index < -0.39 is 12.0 Å². The Labute approximate surface area is 277 Å². The van der Waals surface area contributed by atoms with Crippen molar-refractivity contribution in [2.45, 2.75) is 51.7 Å². The molecule has 3 aromatic heterocycles. The Morgan fingerprint density at radius 3 is 2.48 bits per heavy atom. The third-order valence-electron chi connectivity index (χ3n) is 8.61. The first-order valence-corrected chi connectivity index (χ1v) is 15.8. The van der Waals surface area contributed by atoms with Gasteiger partial charge in [-0.05, 0) is 89.2 Å². The minimum atomic E-state index is -0.726. The van der Waals surface area contributed by atoms with Crippen LogP contribution in [-0.4, -0.2) is 59.8 Å². The van der Waals surface area contributed by atoms with E-state index in [1.807, 2.05) is 19.9 Å². The van der Waals surface area contributed by atoms with E-state index in [9.17, 15) is 20.0 Å². The van der Waals surface area contributed by atoms with E-state index in [2.05, 4.69) is 45.3 Å². The van der Waals surface area contributed by atoms with E-state index in [0.717, 1.165) is 25.2 Å². The number of anilines is 2. The minimum absolute atomic E-state index is 0.230. The van der Waals surface area contributed by atoms with Gasteiger partial charge in [0, 0.05) is 30.1 Å². The molecule has 0 bridgehead atoms. The second-order valence-corrected chi connectivity index (χ2v) is 13.2. The summed E-state index contributed by atoms with van der Waals surface area (Å²) in [5.41, 5.74) is 0.866. The summed E-state index contributed by atoms with van der Waals surface area (Å²) in [6.07, 6.45) is 4.41. The van der Waals surface area contributed by atoms with Crippen LogP contribution in [0.1, 0.15) is 45.2 Å². The predicted molar refractivity (Wildman–Crippen MR) is 184 cm³/mol. The fraction of sp³-hybridized carbons (Fsp3) is 0.333. The molecule has 0 radical (unpaired) electrons. The highest BCUT2D eigenvalue weighted by Crippen LogP contribution is 2.30. The summed E-state index contributed by atoms with van der Waals surface area (Å²) in [6.45, 7) is 10.3. The Hall–Kier alpha value is -5.38. The Morgan fingerprint density at radius 1 is 1.02 bits per heavy atom. The molecule has 12 nitrogen and oxygen atoms in total. The van der Waals surface area contributed by atoms with Gasteiger partial charge in [0.05, 0.1) is 47.3 Å². The molecular weight excluding hydrogens is 608 g/mol. The number of rotatable bonds is 10. The molecule has 12 heteroatoms. The van der Waals surface area contributed by atoms with Gasteiger partial charge in [0.1, 0.15) is 22.9 Å². The van der Waals surface area contributed by atoms with Gasteiger partial charge >= 0.3 is 0 Å². The molecule has 0 atom stereocenters.